The summed E-state index contributed by atoms with van der Waals surface area (Å²) in [4.78, 5) is 20.9. The van der Waals surface area contributed by atoms with E-state index in [-0.39, 0.29) is 12.3 Å². The molecule has 1 fully saturated rings. The molecule has 1 aliphatic rings. The van der Waals surface area contributed by atoms with Gasteiger partial charge in [-0.3, -0.25) is 4.79 Å². The normalized spacial score (nSPS) is 14.7. The van der Waals surface area contributed by atoms with Gasteiger partial charge in [-0.15, -0.1) is 0 Å². The van der Waals surface area contributed by atoms with Crippen LogP contribution in [-0.2, 0) is 11.2 Å². The molecule has 5 rings (SSSR count). The number of hydrogen-bond acceptors (Lipinski definition) is 3. The lowest BCUT2D eigenvalue weighted by atomic mass is 9.87. The summed E-state index contributed by atoms with van der Waals surface area (Å²) in [5, 5.41) is 0.960. The summed E-state index contributed by atoms with van der Waals surface area (Å²) in [5.74, 6) is -1.05. The number of methoxy groups -OCH3 is 1. The summed E-state index contributed by atoms with van der Waals surface area (Å²) in [5.41, 5.74) is 4.32. The Labute approximate surface area is 215 Å². The second-order valence-corrected chi connectivity index (χ2v) is 9.40. The number of H-pyrrole nitrogens is 1. The fourth-order valence-electron chi connectivity index (χ4n) is 5.38. The summed E-state index contributed by atoms with van der Waals surface area (Å²) >= 11 is 0. The number of piperazine rings is 1. The lowest BCUT2D eigenvalue weighted by Gasteiger charge is -2.37. The van der Waals surface area contributed by atoms with Gasteiger partial charge in [0.25, 0.3) is 0 Å². The molecule has 1 unspecified atom stereocenters. The highest BCUT2D eigenvalue weighted by atomic mass is 19.1. The molecule has 7 heteroatoms. The third kappa shape index (κ3) is 4.90. The van der Waals surface area contributed by atoms with Crippen LogP contribution in [0.1, 0.15) is 36.0 Å². The first kappa shape index (κ1) is 24.8. The number of fused-ring (bicyclic) bond motifs is 1. The fraction of sp³-hybridized carbons (Fsp3) is 0.300. The number of carbonyl (C=O) groups is 1. The first-order valence-corrected chi connectivity index (χ1v) is 12.7. The van der Waals surface area contributed by atoms with Gasteiger partial charge in [-0.05, 0) is 41.3 Å². The van der Waals surface area contributed by atoms with E-state index in [1.54, 1.807) is 7.11 Å². The van der Waals surface area contributed by atoms with E-state index in [1.807, 2.05) is 47.5 Å². The molecule has 1 saturated heterocycles. The Kier molecular flexibility index (Phi) is 7.12. The van der Waals surface area contributed by atoms with Crippen molar-refractivity contribution in [2.45, 2.75) is 25.7 Å². The lowest BCUT2D eigenvalue weighted by molar-refractivity contribution is -0.131. The maximum absolute atomic E-state index is 15.0. The fourth-order valence-corrected chi connectivity index (χ4v) is 5.38. The topological polar surface area (TPSA) is 48.6 Å². The van der Waals surface area contributed by atoms with Gasteiger partial charge in [0.05, 0.1) is 12.8 Å². The van der Waals surface area contributed by atoms with E-state index in [9.17, 15) is 9.18 Å². The molecular weight excluding hydrogens is 472 g/mol. The third-order valence-corrected chi connectivity index (χ3v) is 7.36. The smallest absolute Gasteiger partial charge is 0.223 e. The van der Waals surface area contributed by atoms with Crippen molar-refractivity contribution < 1.29 is 18.3 Å². The molecule has 1 atom stereocenters. The SMILES string of the molecule is CCc1cccc2c(C(CC(=O)N3CCN(c4ccccc4OC)CC3)c3ccc(F)cc3F)c[nH]c12. The molecule has 0 aliphatic carbocycles. The van der Waals surface area contributed by atoms with Crippen LogP contribution in [0.3, 0.4) is 0 Å². The number of aromatic amines is 1. The highest BCUT2D eigenvalue weighted by molar-refractivity contribution is 5.88. The molecule has 0 radical (unpaired) electrons. The predicted molar refractivity (Wildman–Crippen MR) is 142 cm³/mol. The molecule has 3 aromatic carbocycles. The summed E-state index contributed by atoms with van der Waals surface area (Å²) in [6.07, 6.45) is 2.81. The minimum Gasteiger partial charge on any atom is -0.495 e. The summed E-state index contributed by atoms with van der Waals surface area (Å²) < 4.78 is 34.3. The van der Waals surface area contributed by atoms with E-state index < -0.39 is 17.6 Å². The van der Waals surface area contributed by atoms with Crippen molar-refractivity contribution in [3.63, 3.8) is 0 Å². The van der Waals surface area contributed by atoms with Crippen LogP contribution in [0.2, 0.25) is 0 Å². The molecule has 1 N–H and O–H groups in total. The van der Waals surface area contributed by atoms with Crippen LogP contribution in [0, 0.1) is 11.6 Å². The van der Waals surface area contributed by atoms with Crippen molar-refractivity contribution in [2.75, 3.05) is 38.2 Å². The maximum atomic E-state index is 15.0. The van der Waals surface area contributed by atoms with Crippen LogP contribution in [0.4, 0.5) is 14.5 Å². The molecule has 37 heavy (non-hydrogen) atoms. The number of halogens is 2. The Hall–Kier alpha value is -3.87. The first-order valence-electron chi connectivity index (χ1n) is 12.7. The second kappa shape index (κ2) is 10.6. The van der Waals surface area contributed by atoms with Crippen molar-refractivity contribution in [2.24, 2.45) is 0 Å². The average Bonchev–Trinajstić information content (AvgIpc) is 3.36. The Morgan fingerprint density at radius 3 is 2.51 bits per heavy atom. The first-order chi connectivity index (χ1) is 18.0. The van der Waals surface area contributed by atoms with Crippen molar-refractivity contribution in [3.8, 4) is 5.75 Å². The van der Waals surface area contributed by atoms with Crippen LogP contribution >= 0.6 is 0 Å². The summed E-state index contributed by atoms with van der Waals surface area (Å²) in [6, 6.07) is 17.5. The zero-order chi connectivity index (χ0) is 25.9. The average molecular weight is 504 g/mol. The quantitative estimate of drug-likeness (QED) is 0.342. The lowest BCUT2D eigenvalue weighted by Crippen LogP contribution is -2.49. The number of aromatic nitrogens is 1. The summed E-state index contributed by atoms with van der Waals surface area (Å²) in [6.45, 7) is 4.55. The van der Waals surface area contributed by atoms with E-state index in [0.29, 0.717) is 31.7 Å². The molecule has 1 aromatic heterocycles. The van der Waals surface area contributed by atoms with Gasteiger partial charge >= 0.3 is 0 Å². The number of benzene rings is 3. The minimum atomic E-state index is -0.639. The van der Waals surface area contributed by atoms with Gasteiger partial charge in [-0.2, -0.15) is 0 Å². The summed E-state index contributed by atoms with van der Waals surface area (Å²) in [7, 11) is 1.65. The number of rotatable bonds is 7. The molecule has 2 heterocycles. The standard InChI is InChI=1S/C30H31F2N3O2/c1-3-20-7-6-8-23-25(19-33-30(20)23)24(22-12-11-21(31)17-26(22)32)18-29(36)35-15-13-34(14-16-35)27-9-4-5-10-28(27)37-2/h4-12,17,19,24,33H,3,13-16,18H2,1-2H3. The molecule has 192 valence electrons. The van der Waals surface area contributed by atoms with E-state index in [2.05, 4.69) is 22.9 Å². The highest BCUT2D eigenvalue weighted by Crippen LogP contribution is 2.37. The van der Waals surface area contributed by atoms with Gasteiger partial charge in [-0.25, -0.2) is 8.78 Å². The Balaban J connectivity index is 1.40. The molecule has 0 bridgehead atoms. The molecule has 1 amide bonds. The number of ether oxygens (including phenoxy) is 1. The van der Waals surface area contributed by atoms with Gasteiger partial charge in [0, 0.05) is 61.7 Å². The van der Waals surface area contributed by atoms with Crippen molar-refractivity contribution in [1.82, 2.24) is 9.88 Å². The van der Waals surface area contributed by atoms with Gasteiger partial charge in [0.2, 0.25) is 5.91 Å². The van der Waals surface area contributed by atoms with Crippen LogP contribution in [0.5, 0.6) is 5.75 Å². The number of para-hydroxylation sites is 3. The molecular formula is C30H31F2N3O2. The van der Waals surface area contributed by atoms with Gasteiger partial charge in [0.15, 0.2) is 0 Å². The van der Waals surface area contributed by atoms with Crippen LogP contribution in [-0.4, -0.2) is 49.1 Å². The molecule has 0 saturated carbocycles. The van der Waals surface area contributed by atoms with Crippen molar-refractivity contribution in [3.05, 3.63) is 95.2 Å². The Morgan fingerprint density at radius 1 is 1.00 bits per heavy atom. The molecule has 4 aromatic rings. The Morgan fingerprint density at radius 2 is 1.78 bits per heavy atom. The van der Waals surface area contributed by atoms with Crippen molar-refractivity contribution in [1.29, 1.82) is 0 Å². The molecule has 1 aliphatic heterocycles. The van der Waals surface area contributed by atoms with E-state index >= 15 is 4.39 Å². The van der Waals surface area contributed by atoms with Crippen LogP contribution < -0.4 is 9.64 Å². The van der Waals surface area contributed by atoms with Crippen LogP contribution in [0.25, 0.3) is 10.9 Å². The second-order valence-electron chi connectivity index (χ2n) is 9.40. The van der Waals surface area contributed by atoms with E-state index in [0.717, 1.165) is 46.0 Å². The third-order valence-electron chi connectivity index (χ3n) is 7.36. The van der Waals surface area contributed by atoms with Gasteiger partial charge in [-0.1, -0.05) is 43.3 Å². The van der Waals surface area contributed by atoms with E-state index in [1.165, 1.54) is 12.1 Å². The number of nitrogens with zero attached hydrogens (tertiary/aromatic N) is 2. The Bertz CT molecular complexity index is 1410. The molecule has 5 nitrogen and oxygen atoms in total. The highest BCUT2D eigenvalue weighted by Gasteiger charge is 2.29. The largest absolute Gasteiger partial charge is 0.495 e. The number of carbonyl (C=O) groups excluding carboxylic acids is 1. The number of amides is 1. The minimum absolute atomic E-state index is 0.0469. The zero-order valence-corrected chi connectivity index (χ0v) is 21.1. The van der Waals surface area contributed by atoms with E-state index in [4.69, 9.17) is 4.74 Å². The van der Waals surface area contributed by atoms with Gasteiger partial charge < -0.3 is 19.5 Å². The number of nitrogens with one attached hydrogen (secondary N) is 1. The van der Waals surface area contributed by atoms with Crippen molar-refractivity contribution >= 4 is 22.5 Å². The molecule has 0 spiro atoms. The van der Waals surface area contributed by atoms with Gasteiger partial charge in [0.1, 0.15) is 17.4 Å². The number of hydrogen-bond donors (Lipinski definition) is 1. The maximum Gasteiger partial charge on any atom is 0.223 e. The number of anilines is 1. The monoisotopic (exact) mass is 503 g/mol. The zero-order valence-electron chi connectivity index (χ0n) is 21.1. The van der Waals surface area contributed by atoms with Crippen LogP contribution in [0.15, 0.2) is 66.9 Å². The number of aryl methyl sites for hydroxylation is 1. The predicted octanol–water partition coefficient (Wildman–Crippen LogP) is 5.89.